The fourth-order valence-corrected chi connectivity index (χ4v) is 3.66. The highest BCUT2D eigenvalue weighted by atomic mass is 16.3. The van der Waals surface area contributed by atoms with E-state index in [0.29, 0.717) is 0 Å². The smallest absolute Gasteiger partial charge is 0.136 e. The lowest BCUT2D eigenvalue weighted by Crippen LogP contribution is -1.73. The van der Waals surface area contributed by atoms with Gasteiger partial charge in [-0.05, 0) is 48.5 Å². The van der Waals surface area contributed by atoms with Gasteiger partial charge in [-0.3, -0.25) is 0 Å². The van der Waals surface area contributed by atoms with E-state index < -0.39 is 0 Å². The van der Waals surface area contributed by atoms with Crippen LogP contribution in [0.25, 0.3) is 55.6 Å². The van der Waals surface area contributed by atoms with Gasteiger partial charge in [0.25, 0.3) is 0 Å². The molecule has 27 heavy (non-hydrogen) atoms. The lowest BCUT2D eigenvalue weighted by molar-refractivity contribution is 0.615. The summed E-state index contributed by atoms with van der Waals surface area (Å²) in [4.78, 5) is 0. The molecule has 0 aliphatic carbocycles. The summed E-state index contributed by atoms with van der Waals surface area (Å²) < 4.78 is 17.6. The van der Waals surface area contributed by atoms with Gasteiger partial charge < -0.3 is 13.3 Å². The molecule has 3 heterocycles. The summed E-state index contributed by atoms with van der Waals surface area (Å²) in [6.07, 6.45) is 1.70. The molecule has 0 radical (unpaired) electrons. The predicted octanol–water partition coefficient (Wildman–Crippen LogP) is 7.26. The Morgan fingerprint density at radius 1 is 0.556 bits per heavy atom. The molecule has 6 rings (SSSR count). The van der Waals surface area contributed by atoms with Crippen LogP contribution in [0.4, 0.5) is 0 Å². The topological polar surface area (TPSA) is 39.4 Å². The van der Waals surface area contributed by atoms with E-state index in [4.69, 9.17) is 13.3 Å². The summed E-state index contributed by atoms with van der Waals surface area (Å²) in [5.74, 6) is 1.69. The van der Waals surface area contributed by atoms with Gasteiger partial charge in [-0.1, -0.05) is 30.3 Å². The molecule has 0 amide bonds. The first-order valence-corrected chi connectivity index (χ1v) is 8.84. The maximum Gasteiger partial charge on any atom is 0.136 e. The summed E-state index contributed by atoms with van der Waals surface area (Å²) >= 11 is 0. The Kier molecular flexibility index (Phi) is 2.88. The lowest BCUT2D eigenvalue weighted by Gasteiger charge is -1.97. The van der Waals surface area contributed by atoms with Crippen LogP contribution in [0.3, 0.4) is 0 Å². The molecule has 3 aromatic heterocycles. The molecule has 3 aromatic carbocycles. The van der Waals surface area contributed by atoms with Crippen molar-refractivity contribution in [3.05, 3.63) is 85.1 Å². The molecule has 0 fully saturated rings. The monoisotopic (exact) mass is 350 g/mol. The molecule has 3 heteroatoms. The number of benzene rings is 3. The standard InChI is InChI=1S/C24H14O3/c1-2-6-20-15(4-1)13-23(26-20)16-8-9-21-17(12-16)14-24(27-21)18-5-3-7-22-19(18)10-11-25-22/h1-14H. The molecule has 0 N–H and O–H groups in total. The SMILES string of the molecule is c1ccc2oc(-c3ccc4oc(-c5cccc6occc56)cc4c3)cc2c1. The van der Waals surface area contributed by atoms with Crippen molar-refractivity contribution in [3.8, 4) is 22.6 Å². The van der Waals surface area contributed by atoms with E-state index in [1.165, 1.54) is 0 Å². The van der Waals surface area contributed by atoms with Crippen LogP contribution >= 0.6 is 0 Å². The zero-order chi connectivity index (χ0) is 17.8. The third-order valence-electron chi connectivity index (χ3n) is 4.99. The quantitative estimate of drug-likeness (QED) is 0.330. The molecular formula is C24H14O3. The Bertz CT molecular complexity index is 1400. The number of furan rings is 3. The second-order valence-electron chi connectivity index (χ2n) is 6.65. The normalized spacial score (nSPS) is 11.7. The average Bonchev–Trinajstić information content (AvgIpc) is 3.43. The number of fused-ring (bicyclic) bond motifs is 3. The van der Waals surface area contributed by atoms with Gasteiger partial charge in [0.05, 0.1) is 6.26 Å². The van der Waals surface area contributed by atoms with E-state index in [9.17, 15) is 0 Å². The molecule has 0 saturated heterocycles. The number of rotatable bonds is 2. The van der Waals surface area contributed by atoms with E-state index >= 15 is 0 Å². The Hall–Kier alpha value is -3.72. The van der Waals surface area contributed by atoms with Crippen LogP contribution in [-0.4, -0.2) is 0 Å². The molecule has 6 aromatic rings. The van der Waals surface area contributed by atoms with Crippen LogP contribution in [0, 0.1) is 0 Å². The van der Waals surface area contributed by atoms with Crippen LogP contribution in [0.2, 0.25) is 0 Å². The minimum absolute atomic E-state index is 0.832. The summed E-state index contributed by atoms with van der Waals surface area (Å²) in [7, 11) is 0. The van der Waals surface area contributed by atoms with Crippen LogP contribution in [0.5, 0.6) is 0 Å². The highest BCUT2D eigenvalue weighted by molar-refractivity contribution is 5.96. The van der Waals surface area contributed by atoms with Crippen molar-refractivity contribution in [1.29, 1.82) is 0 Å². The van der Waals surface area contributed by atoms with Crippen molar-refractivity contribution in [2.75, 3.05) is 0 Å². The van der Waals surface area contributed by atoms with Gasteiger partial charge >= 0.3 is 0 Å². The van der Waals surface area contributed by atoms with Crippen LogP contribution in [0.15, 0.2) is 98.4 Å². The van der Waals surface area contributed by atoms with Gasteiger partial charge in [0, 0.05) is 27.3 Å². The minimum Gasteiger partial charge on any atom is -0.464 e. The van der Waals surface area contributed by atoms with Crippen molar-refractivity contribution in [1.82, 2.24) is 0 Å². The Labute approximate surface area is 154 Å². The molecule has 0 aliphatic rings. The van der Waals surface area contributed by atoms with E-state index in [-0.39, 0.29) is 0 Å². The van der Waals surface area contributed by atoms with E-state index in [2.05, 4.69) is 30.3 Å². The van der Waals surface area contributed by atoms with Crippen molar-refractivity contribution < 1.29 is 13.3 Å². The number of hydrogen-bond donors (Lipinski definition) is 0. The number of para-hydroxylation sites is 1. The van der Waals surface area contributed by atoms with Gasteiger partial charge in [-0.15, -0.1) is 0 Å². The summed E-state index contributed by atoms with van der Waals surface area (Å²) in [5.41, 5.74) is 4.67. The molecule has 0 aliphatic heterocycles. The van der Waals surface area contributed by atoms with Crippen LogP contribution in [0.1, 0.15) is 0 Å². The zero-order valence-corrected chi connectivity index (χ0v) is 14.3. The van der Waals surface area contributed by atoms with Gasteiger partial charge in [0.1, 0.15) is 28.3 Å². The number of hydrogen-bond acceptors (Lipinski definition) is 3. The van der Waals surface area contributed by atoms with E-state index in [0.717, 1.165) is 55.6 Å². The summed E-state index contributed by atoms with van der Waals surface area (Å²) in [6.45, 7) is 0. The highest BCUT2D eigenvalue weighted by Gasteiger charge is 2.13. The molecule has 0 saturated carbocycles. The maximum atomic E-state index is 6.11. The summed E-state index contributed by atoms with van der Waals surface area (Å²) in [5, 5.41) is 3.20. The largest absolute Gasteiger partial charge is 0.464 e. The fourth-order valence-electron chi connectivity index (χ4n) is 3.66. The van der Waals surface area contributed by atoms with E-state index in [1.807, 2.05) is 48.5 Å². The fraction of sp³-hybridized carbons (Fsp3) is 0. The average molecular weight is 350 g/mol. The predicted molar refractivity (Wildman–Crippen MR) is 107 cm³/mol. The maximum absolute atomic E-state index is 6.11. The molecule has 0 spiro atoms. The van der Waals surface area contributed by atoms with Gasteiger partial charge in [-0.2, -0.15) is 0 Å². The summed E-state index contributed by atoms with van der Waals surface area (Å²) in [6, 6.07) is 26.3. The first-order chi connectivity index (χ1) is 13.3. The van der Waals surface area contributed by atoms with Crippen molar-refractivity contribution >= 4 is 32.9 Å². The van der Waals surface area contributed by atoms with E-state index in [1.54, 1.807) is 6.26 Å². The van der Waals surface area contributed by atoms with Gasteiger partial charge in [0.2, 0.25) is 0 Å². The minimum atomic E-state index is 0.832. The molecule has 0 bridgehead atoms. The zero-order valence-electron chi connectivity index (χ0n) is 14.3. The lowest BCUT2D eigenvalue weighted by atomic mass is 10.1. The first kappa shape index (κ1) is 14.4. The third kappa shape index (κ3) is 2.22. The Morgan fingerprint density at radius 2 is 1.37 bits per heavy atom. The van der Waals surface area contributed by atoms with Crippen molar-refractivity contribution in [2.45, 2.75) is 0 Å². The Morgan fingerprint density at radius 3 is 2.33 bits per heavy atom. The molecule has 3 nitrogen and oxygen atoms in total. The highest BCUT2D eigenvalue weighted by Crippen LogP contribution is 2.36. The molecule has 0 atom stereocenters. The molecule has 128 valence electrons. The molecule has 0 unspecified atom stereocenters. The third-order valence-corrected chi connectivity index (χ3v) is 4.99. The first-order valence-electron chi connectivity index (χ1n) is 8.84. The van der Waals surface area contributed by atoms with Crippen LogP contribution < -0.4 is 0 Å². The van der Waals surface area contributed by atoms with Gasteiger partial charge in [0.15, 0.2) is 0 Å². The van der Waals surface area contributed by atoms with Crippen molar-refractivity contribution in [2.24, 2.45) is 0 Å². The second-order valence-corrected chi connectivity index (χ2v) is 6.65. The van der Waals surface area contributed by atoms with Crippen molar-refractivity contribution in [3.63, 3.8) is 0 Å². The second kappa shape index (κ2) is 5.39. The molecular weight excluding hydrogens is 336 g/mol. The Balaban J connectivity index is 1.50. The van der Waals surface area contributed by atoms with Crippen LogP contribution in [-0.2, 0) is 0 Å². The van der Waals surface area contributed by atoms with Gasteiger partial charge in [-0.25, -0.2) is 0 Å².